The van der Waals surface area contributed by atoms with Crippen LogP contribution in [0.15, 0.2) is 24.3 Å². The molecule has 0 amide bonds. The van der Waals surface area contributed by atoms with Gasteiger partial charge in [0.25, 0.3) is 0 Å². The van der Waals surface area contributed by atoms with E-state index in [-0.39, 0.29) is 0 Å². The van der Waals surface area contributed by atoms with E-state index in [1.165, 1.54) is 37.7 Å². The summed E-state index contributed by atoms with van der Waals surface area (Å²) >= 11 is 0. The maximum absolute atomic E-state index is 5.75. The smallest absolute Gasteiger partial charge is 0.119 e. The quantitative estimate of drug-likeness (QED) is 0.858. The molecular formula is C15H21NO. The zero-order chi connectivity index (χ0) is 11.5. The van der Waals surface area contributed by atoms with Gasteiger partial charge >= 0.3 is 0 Å². The van der Waals surface area contributed by atoms with Gasteiger partial charge in [-0.15, -0.1) is 0 Å². The first-order chi connectivity index (χ1) is 8.42. The second-order valence-corrected chi connectivity index (χ2v) is 5.33. The largest absolute Gasteiger partial charge is 0.493 e. The van der Waals surface area contributed by atoms with Gasteiger partial charge in [-0.25, -0.2) is 0 Å². The van der Waals surface area contributed by atoms with E-state index in [0.29, 0.717) is 6.04 Å². The van der Waals surface area contributed by atoms with Crippen LogP contribution in [0.5, 0.6) is 5.75 Å². The molecule has 1 aromatic carbocycles. The Balaban J connectivity index is 1.58. The first-order valence-electron chi connectivity index (χ1n) is 6.88. The van der Waals surface area contributed by atoms with E-state index in [0.717, 1.165) is 24.8 Å². The Morgan fingerprint density at radius 2 is 1.88 bits per heavy atom. The Morgan fingerprint density at radius 3 is 2.53 bits per heavy atom. The van der Waals surface area contributed by atoms with Gasteiger partial charge in [0.1, 0.15) is 5.75 Å². The van der Waals surface area contributed by atoms with Crippen LogP contribution in [-0.2, 0) is 0 Å². The van der Waals surface area contributed by atoms with Crippen LogP contribution >= 0.6 is 0 Å². The van der Waals surface area contributed by atoms with Gasteiger partial charge in [0.05, 0.1) is 6.61 Å². The summed E-state index contributed by atoms with van der Waals surface area (Å²) < 4.78 is 5.75. The Labute approximate surface area is 103 Å². The molecule has 1 unspecified atom stereocenters. The molecule has 1 aliphatic carbocycles. The predicted molar refractivity (Wildman–Crippen MR) is 69.3 cm³/mol. The van der Waals surface area contributed by atoms with E-state index >= 15 is 0 Å². The van der Waals surface area contributed by atoms with Gasteiger partial charge in [0.15, 0.2) is 0 Å². The molecule has 0 aromatic heterocycles. The maximum atomic E-state index is 5.75. The molecule has 2 nitrogen and oxygen atoms in total. The van der Waals surface area contributed by atoms with Gasteiger partial charge < -0.3 is 10.1 Å². The molecule has 2 fully saturated rings. The van der Waals surface area contributed by atoms with Crippen molar-refractivity contribution in [2.75, 3.05) is 13.2 Å². The number of piperidine rings is 1. The van der Waals surface area contributed by atoms with Gasteiger partial charge in [-0.3, -0.25) is 0 Å². The van der Waals surface area contributed by atoms with E-state index in [9.17, 15) is 0 Å². The van der Waals surface area contributed by atoms with Crippen LogP contribution in [0.25, 0.3) is 0 Å². The lowest BCUT2D eigenvalue weighted by Crippen LogP contribution is -2.26. The van der Waals surface area contributed by atoms with Crippen molar-refractivity contribution in [1.82, 2.24) is 5.32 Å². The highest BCUT2D eigenvalue weighted by Crippen LogP contribution is 2.30. The molecule has 1 aliphatic heterocycles. The van der Waals surface area contributed by atoms with Gasteiger partial charge in [0.2, 0.25) is 0 Å². The SMILES string of the molecule is c1cc(C2CCCCN2)ccc1OCC1CC1. The summed E-state index contributed by atoms with van der Waals surface area (Å²) in [5, 5.41) is 3.57. The van der Waals surface area contributed by atoms with Crippen molar-refractivity contribution in [3.05, 3.63) is 29.8 Å². The van der Waals surface area contributed by atoms with Crippen molar-refractivity contribution in [3.8, 4) is 5.75 Å². The lowest BCUT2D eigenvalue weighted by atomic mass is 9.98. The molecule has 1 saturated carbocycles. The first-order valence-corrected chi connectivity index (χ1v) is 6.88. The fraction of sp³-hybridized carbons (Fsp3) is 0.600. The number of nitrogens with one attached hydrogen (secondary N) is 1. The normalized spacial score (nSPS) is 24.6. The Morgan fingerprint density at radius 1 is 1.06 bits per heavy atom. The second kappa shape index (κ2) is 5.09. The standard InChI is InChI=1S/C15H21NO/c1-2-10-16-15(3-1)13-6-8-14(9-7-13)17-11-12-4-5-12/h6-9,12,15-16H,1-5,10-11H2. The summed E-state index contributed by atoms with van der Waals surface area (Å²) in [4.78, 5) is 0. The summed E-state index contributed by atoms with van der Waals surface area (Å²) in [6, 6.07) is 9.22. The van der Waals surface area contributed by atoms with Gasteiger partial charge in [0, 0.05) is 6.04 Å². The van der Waals surface area contributed by atoms with E-state index in [1.807, 2.05) is 0 Å². The van der Waals surface area contributed by atoms with Gasteiger partial charge in [-0.2, -0.15) is 0 Å². The molecule has 1 N–H and O–H groups in total. The highest BCUT2D eigenvalue weighted by Gasteiger charge is 2.22. The number of rotatable bonds is 4. The number of hydrogen-bond acceptors (Lipinski definition) is 2. The van der Waals surface area contributed by atoms with Crippen molar-refractivity contribution >= 4 is 0 Å². The van der Waals surface area contributed by atoms with Crippen molar-refractivity contribution in [1.29, 1.82) is 0 Å². The minimum absolute atomic E-state index is 0.557. The molecule has 17 heavy (non-hydrogen) atoms. The Hall–Kier alpha value is -1.02. The number of hydrogen-bond donors (Lipinski definition) is 1. The lowest BCUT2D eigenvalue weighted by molar-refractivity contribution is 0.299. The van der Waals surface area contributed by atoms with E-state index in [4.69, 9.17) is 4.74 Å². The summed E-state index contributed by atoms with van der Waals surface area (Å²) in [7, 11) is 0. The number of benzene rings is 1. The third-order valence-electron chi connectivity index (χ3n) is 3.78. The van der Waals surface area contributed by atoms with Gasteiger partial charge in [-0.1, -0.05) is 18.6 Å². The molecule has 0 spiro atoms. The molecule has 3 rings (SSSR count). The van der Waals surface area contributed by atoms with Gasteiger partial charge in [-0.05, 0) is 55.8 Å². The van der Waals surface area contributed by atoms with Crippen molar-refractivity contribution in [3.63, 3.8) is 0 Å². The molecule has 0 bridgehead atoms. The van der Waals surface area contributed by atoms with Crippen molar-refractivity contribution < 1.29 is 4.74 Å². The summed E-state index contributed by atoms with van der Waals surface area (Å²) in [5.41, 5.74) is 1.41. The van der Waals surface area contributed by atoms with Crippen LogP contribution in [0.3, 0.4) is 0 Å². The van der Waals surface area contributed by atoms with E-state index in [1.54, 1.807) is 0 Å². The molecule has 1 heterocycles. The average Bonchev–Trinajstić information content (AvgIpc) is 3.22. The first kappa shape index (κ1) is 11.1. The lowest BCUT2D eigenvalue weighted by Gasteiger charge is -2.23. The van der Waals surface area contributed by atoms with Crippen LogP contribution in [0, 0.1) is 5.92 Å². The van der Waals surface area contributed by atoms with Crippen LogP contribution < -0.4 is 10.1 Å². The Bertz CT molecular complexity index is 350. The van der Waals surface area contributed by atoms with Crippen LogP contribution in [0.4, 0.5) is 0 Å². The molecule has 1 saturated heterocycles. The molecule has 2 heteroatoms. The molecular weight excluding hydrogens is 210 g/mol. The molecule has 92 valence electrons. The highest BCUT2D eigenvalue weighted by molar-refractivity contribution is 5.29. The van der Waals surface area contributed by atoms with E-state index < -0.39 is 0 Å². The minimum atomic E-state index is 0.557. The second-order valence-electron chi connectivity index (χ2n) is 5.33. The molecule has 1 aromatic rings. The fourth-order valence-electron chi connectivity index (χ4n) is 2.43. The van der Waals surface area contributed by atoms with Crippen molar-refractivity contribution in [2.45, 2.75) is 38.1 Å². The zero-order valence-corrected chi connectivity index (χ0v) is 10.3. The Kier molecular flexibility index (Phi) is 3.32. The third kappa shape index (κ3) is 3.01. The predicted octanol–water partition coefficient (Wildman–Crippen LogP) is 3.29. The van der Waals surface area contributed by atoms with Crippen LogP contribution in [0.1, 0.15) is 43.7 Å². The third-order valence-corrected chi connectivity index (χ3v) is 3.78. The molecule has 2 aliphatic rings. The minimum Gasteiger partial charge on any atom is -0.493 e. The van der Waals surface area contributed by atoms with E-state index in [2.05, 4.69) is 29.6 Å². The molecule has 1 atom stereocenters. The van der Waals surface area contributed by atoms with Crippen LogP contribution in [-0.4, -0.2) is 13.2 Å². The topological polar surface area (TPSA) is 21.3 Å². The average molecular weight is 231 g/mol. The monoisotopic (exact) mass is 231 g/mol. The summed E-state index contributed by atoms with van der Waals surface area (Å²) in [6.45, 7) is 2.06. The fourth-order valence-corrected chi connectivity index (χ4v) is 2.43. The molecule has 0 radical (unpaired) electrons. The van der Waals surface area contributed by atoms with Crippen LogP contribution in [0.2, 0.25) is 0 Å². The van der Waals surface area contributed by atoms with Crippen molar-refractivity contribution in [2.24, 2.45) is 5.92 Å². The maximum Gasteiger partial charge on any atom is 0.119 e. The number of ether oxygens (including phenoxy) is 1. The summed E-state index contributed by atoms with van der Waals surface area (Å²) in [5.74, 6) is 1.85. The zero-order valence-electron chi connectivity index (χ0n) is 10.3. The highest BCUT2D eigenvalue weighted by atomic mass is 16.5. The summed E-state index contributed by atoms with van der Waals surface area (Å²) in [6.07, 6.45) is 6.63.